The lowest BCUT2D eigenvalue weighted by Gasteiger charge is -2.21. The first-order chi connectivity index (χ1) is 38.0. The van der Waals surface area contributed by atoms with E-state index in [1.165, 1.54) is 26.7 Å². The zero-order valence-electron chi connectivity index (χ0n) is 50.8. The molecular weight excluding hydrogens is 1190 g/mol. The van der Waals surface area contributed by atoms with E-state index in [0.29, 0.717) is 44.0 Å². The predicted molar refractivity (Wildman–Crippen MR) is 323 cm³/mol. The molecule has 476 valence electrons. The molecule has 23 nitrogen and oxygen atoms in total. The fourth-order valence-electron chi connectivity index (χ4n) is 4.92. The van der Waals surface area contributed by atoms with Crippen molar-refractivity contribution in [2.75, 3.05) is 70.8 Å². The van der Waals surface area contributed by atoms with Gasteiger partial charge in [-0.1, -0.05) is 74.1 Å². The molecule has 2 aromatic rings. The molecule has 0 aromatic heterocycles. The van der Waals surface area contributed by atoms with E-state index in [2.05, 4.69) is 47.4 Å². The number of likely N-dealkylation sites (N-methyl/N-ethyl adjacent to an activating group) is 1. The maximum absolute atomic E-state index is 12.0. The average Bonchev–Trinajstić information content (AvgIpc) is 3.90. The van der Waals surface area contributed by atoms with Gasteiger partial charge in [0.05, 0.1) is 26.4 Å². The summed E-state index contributed by atoms with van der Waals surface area (Å²) in [6.45, 7) is 33.9. The van der Waals surface area contributed by atoms with Crippen molar-refractivity contribution in [1.29, 1.82) is 0 Å². The Morgan fingerprint density at radius 2 is 0.940 bits per heavy atom. The number of nitrogens with one attached hydrogen (secondary N) is 4. The van der Waals surface area contributed by atoms with Gasteiger partial charge in [0, 0.05) is 69.4 Å². The number of rotatable bonds is 11. The number of nitrogens with zero attached hydrogens (tertiary/aromatic N) is 1. The van der Waals surface area contributed by atoms with Crippen LogP contribution in [0.4, 0.5) is 35.3 Å². The van der Waals surface area contributed by atoms with Crippen LogP contribution in [-0.4, -0.2) is 152 Å². The molecule has 0 spiro atoms. The summed E-state index contributed by atoms with van der Waals surface area (Å²) in [6.07, 6.45) is -0.671. The number of morpholine rings is 1. The molecule has 3 atom stereocenters. The van der Waals surface area contributed by atoms with Crippen LogP contribution in [0.3, 0.4) is 0 Å². The minimum Gasteiger partial charge on any atom is -0.480 e. The number of ether oxygens (including phenoxy) is 8. The van der Waals surface area contributed by atoms with Crippen molar-refractivity contribution in [1.82, 2.24) is 20.9 Å². The summed E-state index contributed by atoms with van der Waals surface area (Å²) >= 11 is 27.7. The molecule has 4 rings (SSSR count). The van der Waals surface area contributed by atoms with Crippen LogP contribution < -0.4 is 27.0 Å². The van der Waals surface area contributed by atoms with Gasteiger partial charge in [-0.3, -0.25) is 9.59 Å². The number of esters is 1. The van der Waals surface area contributed by atoms with Crippen LogP contribution in [0.1, 0.15) is 124 Å². The Balaban J connectivity index is -0.000000946. The highest BCUT2D eigenvalue weighted by Crippen LogP contribution is 2.23. The van der Waals surface area contributed by atoms with E-state index >= 15 is 0 Å². The molecule has 0 unspecified atom stereocenters. The van der Waals surface area contributed by atoms with E-state index in [9.17, 15) is 38.4 Å². The Morgan fingerprint density at radius 1 is 0.578 bits per heavy atom. The largest absolute Gasteiger partial charge is 0.516 e. The number of aliphatic carboxylic acids is 1. The number of anilines is 2. The molecule has 0 saturated carbocycles. The van der Waals surface area contributed by atoms with Crippen LogP contribution in [0.5, 0.6) is 0 Å². The van der Waals surface area contributed by atoms with E-state index < -0.39 is 82.6 Å². The Kier molecular flexibility index (Phi) is 42.8. The Hall–Kier alpha value is -5.27. The van der Waals surface area contributed by atoms with Gasteiger partial charge in [-0.2, -0.15) is 0 Å². The highest BCUT2D eigenvalue weighted by atomic mass is 35.5. The molecule has 4 amide bonds. The predicted octanol–water partition coefficient (Wildman–Crippen LogP) is 12.4. The zero-order valence-corrected chi connectivity index (χ0v) is 54.6. The van der Waals surface area contributed by atoms with Gasteiger partial charge in [0.25, 0.3) is 0 Å². The van der Waals surface area contributed by atoms with E-state index in [1.54, 1.807) is 106 Å². The lowest BCUT2D eigenvalue weighted by atomic mass is 10.2. The Labute approximate surface area is 514 Å². The van der Waals surface area contributed by atoms with Crippen LogP contribution in [0, 0.1) is 11.8 Å². The molecule has 0 radical (unpaired) electrons. The van der Waals surface area contributed by atoms with E-state index in [0.717, 1.165) is 39.5 Å². The normalized spacial score (nSPS) is 13.8. The highest BCUT2D eigenvalue weighted by Gasteiger charge is 2.25. The van der Waals surface area contributed by atoms with E-state index in [4.69, 9.17) is 92.5 Å². The number of carbonyl (C=O) groups is 8. The van der Waals surface area contributed by atoms with Crippen molar-refractivity contribution < 1.29 is 81.4 Å². The van der Waals surface area contributed by atoms with E-state index in [-0.39, 0.29) is 12.5 Å². The molecule has 0 bridgehead atoms. The Morgan fingerprint density at radius 3 is 1.24 bits per heavy atom. The molecule has 83 heavy (non-hydrogen) atoms. The van der Waals surface area contributed by atoms with Gasteiger partial charge in [0.15, 0.2) is 0 Å². The number of carbonyl (C=O) groups excluding carboxylic acids is 7. The lowest BCUT2D eigenvalue weighted by molar-refractivity contribution is -0.142. The molecule has 2 aliphatic heterocycles. The van der Waals surface area contributed by atoms with E-state index in [1.807, 2.05) is 27.7 Å². The molecule has 2 aromatic carbocycles. The first-order valence-corrected chi connectivity index (χ1v) is 28.1. The summed E-state index contributed by atoms with van der Waals surface area (Å²) in [7, 11) is 2.11. The second-order valence-electron chi connectivity index (χ2n) is 21.8. The number of benzene rings is 2. The summed E-state index contributed by atoms with van der Waals surface area (Å²) < 4.78 is 38.5. The van der Waals surface area contributed by atoms with Gasteiger partial charge >= 0.3 is 41.8 Å². The van der Waals surface area contributed by atoms with Crippen LogP contribution in [0.15, 0.2) is 36.4 Å². The smallest absolute Gasteiger partial charge is 0.480 e. The van der Waals surface area contributed by atoms with Crippen molar-refractivity contribution in [3.8, 4) is 0 Å². The zero-order chi connectivity index (χ0) is 64.8. The minimum atomic E-state index is -1.09. The molecule has 7 N–H and O–H groups in total. The summed E-state index contributed by atoms with van der Waals surface area (Å²) in [6, 6.07) is 6.89. The summed E-state index contributed by atoms with van der Waals surface area (Å²) in [4.78, 5) is 91.1. The third-order valence-corrected chi connectivity index (χ3v) is 9.62. The monoisotopic (exact) mass is 1280 g/mol. The third-order valence-electron chi connectivity index (χ3n) is 8.64. The highest BCUT2D eigenvalue weighted by molar-refractivity contribution is 6.61. The van der Waals surface area contributed by atoms with Crippen molar-refractivity contribution in [2.45, 2.75) is 159 Å². The maximum Gasteiger partial charge on any atom is 0.516 e. The van der Waals surface area contributed by atoms with Crippen LogP contribution in [-0.2, 0) is 52.3 Å². The molecule has 2 saturated heterocycles. The van der Waals surface area contributed by atoms with Crippen molar-refractivity contribution in [2.24, 2.45) is 11.8 Å². The number of hydrogen-bond donors (Lipinski definition) is 6. The summed E-state index contributed by atoms with van der Waals surface area (Å²) in [5.41, 5.74) is 3.80. The van der Waals surface area contributed by atoms with Crippen LogP contribution >= 0.6 is 58.0 Å². The fraction of sp³-hybridized carbons (Fsp3) is 0.636. The molecule has 2 heterocycles. The van der Waals surface area contributed by atoms with Gasteiger partial charge in [-0.05, 0) is 151 Å². The average molecular weight is 1280 g/mol. The third kappa shape index (κ3) is 54.4. The number of amides is 4. The Bertz CT molecular complexity index is 2190. The standard InChI is InChI=1S/C14H18Cl2N2O3.C13H23NO6.C8H15NO4.C6H5Cl2N.C5H9ClO2.C5H11NO.C4H8O/c1-8(17-13(20)21-14(2,3)4)12(19)18-11-6-9(15)5-10(16)7-11;1-8(2)7-18-12(17)19-10(15)9(3)14-11(16)20-13(4,5)6;1-5(6(10)11)9-7(12)13-8(2,3)4;7-4-1-5(8)3-6(9)2-4;1-4(2)3-8-5(6)7;1-6-2-4-7-5-3-6;1-2-4-5-3-1/h5-8H,1-4H3,(H,17,20)(H,18,19);8-9H,7H2,1-6H3,(H,14,16);5H,1-4H3,(H,9,12)(H,10,11);1-3H,9H2;4H,3H2,1-2H3;2-5H2,1H3;1-4H2/t8-;9-;5-;;;;/m111..../s1. The summed E-state index contributed by atoms with van der Waals surface area (Å²) in [5.74, 6) is -1.91. The molecule has 2 aliphatic rings. The first-order valence-electron chi connectivity index (χ1n) is 26.2. The first kappa shape index (κ1) is 81.9. The minimum absolute atomic E-state index is 0.134. The quantitative estimate of drug-likeness (QED) is 0.0400. The number of nitrogen functional groups attached to an aromatic ring is 1. The SMILES string of the molecule is C1CCOC1.CC(C)COC(=O)Cl.CC(C)COC(=O)OC(=O)[C@@H](C)NC(=O)OC(C)(C)C.CN1CCOCC1.C[C@@H](NC(=O)OC(C)(C)C)C(=O)Nc1cc(Cl)cc(Cl)c1.C[C@@H](NC(=O)OC(C)(C)C)C(=O)O.Nc1cc(Cl)cc(Cl)c1. The van der Waals surface area contributed by atoms with Crippen LogP contribution in [0.2, 0.25) is 20.1 Å². The second kappa shape index (κ2) is 43.4. The number of carboxylic acid groups (broad SMARTS) is 1. The number of hydrogen-bond acceptors (Lipinski definition) is 18. The van der Waals surface area contributed by atoms with Crippen molar-refractivity contribution in [3.63, 3.8) is 0 Å². The van der Waals surface area contributed by atoms with Gasteiger partial charge in [0.2, 0.25) is 5.91 Å². The molecule has 0 aliphatic carbocycles. The van der Waals surface area contributed by atoms with Crippen LogP contribution in [0.25, 0.3) is 0 Å². The van der Waals surface area contributed by atoms with Gasteiger partial charge in [-0.25, -0.2) is 28.8 Å². The number of nitrogens with two attached hydrogens (primary N) is 1. The molecule has 28 heteroatoms. The number of carboxylic acids is 1. The fourth-order valence-corrected chi connectivity index (χ4v) is 6.05. The number of halogens is 5. The van der Waals surface area contributed by atoms with Gasteiger partial charge in [0.1, 0.15) is 34.9 Å². The maximum atomic E-state index is 12.0. The van der Waals surface area contributed by atoms with Crippen molar-refractivity contribution in [3.05, 3.63) is 56.5 Å². The second-order valence-corrected chi connectivity index (χ2v) is 23.9. The summed E-state index contributed by atoms with van der Waals surface area (Å²) in [5, 5.41) is 19.9. The molecular formula is C55H89Cl5N6O17. The molecule has 2 fully saturated rings. The number of alkyl carbamates (subject to hydrolysis) is 3. The topological polar surface area (TPSA) is 308 Å². The lowest BCUT2D eigenvalue weighted by Crippen LogP contribution is -2.43. The van der Waals surface area contributed by atoms with Gasteiger partial charge < -0.3 is 74.9 Å². The van der Waals surface area contributed by atoms with Gasteiger partial charge in [-0.15, -0.1) is 0 Å². The van der Waals surface area contributed by atoms with Crippen molar-refractivity contribution >= 4 is 117 Å².